The van der Waals surface area contributed by atoms with Gasteiger partial charge in [0.1, 0.15) is 11.5 Å². The molecule has 1 amide bonds. The van der Waals surface area contributed by atoms with Crippen LogP contribution in [0.3, 0.4) is 0 Å². The summed E-state index contributed by atoms with van der Waals surface area (Å²) >= 11 is 1.42. The Balaban J connectivity index is 1.82. The van der Waals surface area contributed by atoms with Crippen molar-refractivity contribution in [2.75, 3.05) is 14.2 Å². The minimum absolute atomic E-state index is 0.0456. The van der Waals surface area contributed by atoms with Gasteiger partial charge in [-0.05, 0) is 37.1 Å². The number of carbonyl (C=O) groups is 1. The summed E-state index contributed by atoms with van der Waals surface area (Å²) in [7, 11) is 3.20. The van der Waals surface area contributed by atoms with E-state index < -0.39 is 0 Å². The molecule has 3 rings (SSSR count). The van der Waals surface area contributed by atoms with Crippen LogP contribution in [0.5, 0.6) is 11.5 Å². The molecule has 1 saturated heterocycles. The summed E-state index contributed by atoms with van der Waals surface area (Å²) in [5.41, 5.74) is 3.02. The third-order valence-electron chi connectivity index (χ3n) is 4.50. The van der Waals surface area contributed by atoms with Gasteiger partial charge in [-0.2, -0.15) is 5.10 Å². The molecular weight excluding hydrogens is 374 g/mol. The van der Waals surface area contributed by atoms with Gasteiger partial charge in [0, 0.05) is 11.6 Å². The number of benzene rings is 2. The van der Waals surface area contributed by atoms with Gasteiger partial charge in [0.15, 0.2) is 5.17 Å². The third-order valence-corrected chi connectivity index (χ3v) is 5.57. The minimum atomic E-state index is -0.173. The summed E-state index contributed by atoms with van der Waals surface area (Å²) in [6, 6.07) is 13.5. The summed E-state index contributed by atoms with van der Waals surface area (Å²) in [6.07, 6.45) is 1.62. The first-order valence-corrected chi connectivity index (χ1v) is 9.77. The maximum atomic E-state index is 12.6. The van der Waals surface area contributed by atoms with Gasteiger partial charge in [-0.1, -0.05) is 36.0 Å². The number of rotatable bonds is 6. The van der Waals surface area contributed by atoms with E-state index in [0.29, 0.717) is 23.2 Å². The molecule has 0 bridgehead atoms. The van der Waals surface area contributed by atoms with Crippen molar-refractivity contribution in [3.8, 4) is 11.5 Å². The Labute approximate surface area is 169 Å². The molecule has 1 aliphatic rings. The van der Waals surface area contributed by atoms with Crippen molar-refractivity contribution >= 4 is 29.1 Å². The smallest absolute Gasteiger partial charge is 0.242 e. The van der Waals surface area contributed by atoms with E-state index >= 15 is 0 Å². The summed E-state index contributed by atoms with van der Waals surface area (Å²) in [4.78, 5) is 14.3. The first kappa shape index (κ1) is 19.9. The molecular formula is C21H23N3O3S. The molecule has 0 radical (unpaired) electrons. The van der Waals surface area contributed by atoms with Crippen LogP contribution in [0.2, 0.25) is 0 Å². The number of aryl methyl sites for hydroxylation is 1. The zero-order chi connectivity index (χ0) is 20.1. The number of amidine groups is 1. The van der Waals surface area contributed by atoms with Crippen LogP contribution in [0.25, 0.3) is 0 Å². The summed E-state index contributed by atoms with van der Waals surface area (Å²) < 4.78 is 10.6. The average Bonchev–Trinajstić information content (AvgIpc) is 2.97. The highest BCUT2D eigenvalue weighted by atomic mass is 32.2. The number of nitrogens with zero attached hydrogens (tertiary/aromatic N) is 3. The molecule has 0 N–H and O–H groups in total. The molecule has 146 valence electrons. The van der Waals surface area contributed by atoms with Gasteiger partial charge in [-0.25, -0.2) is 0 Å². The van der Waals surface area contributed by atoms with Gasteiger partial charge in [0.25, 0.3) is 0 Å². The predicted octanol–water partition coefficient (Wildman–Crippen LogP) is 3.87. The summed E-state index contributed by atoms with van der Waals surface area (Å²) in [6.45, 7) is 4.41. The van der Waals surface area contributed by atoms with E-state index in [2.05, 4.69) is 10.2 Å². The lowest BCUT2D eigenvalue weighted by atomic mass is 10.1. The minimum Gasteiger partial charge on any atom is -0.497 e. The monoisotopic (exact) mass is 397 g/mol. The van der Waals surface area contributed by atoms with Gasteiger partial charge in [0.05, 0.1) is 32.2 Å². The fraction of sp³-hybridized carbons (Fsp3) is 0.286. The van der Waals surface area contributed by atoms with Crippen molar-refractivity contribution < 1.29 is 14.3 Å². The molecule has 28 heavy (non-hydrogen) atoms. The van der Waals surface area contributed by atoms with E-state index in [1.54, 1.807) is 31.4 Å². The molecule has 0 aromatic heterocycles. The number of hydrogen-bond acceptors (Lipinski definition) is 6. The van der Waals surface area contributed by atoms with Crippen molar-refractivity contribution in [2.24, 2.45) is 10.2 Å². The highest BCUT2D eigenvalue weighted by Gasteiger charge is 2.35. The molecule has 1 fully saturated rings. The fourth-order valence-electron chi connectivity index (χ4n) is 2.83. The average molecular weight is 398 g/mol. The Bertz CT molecular complexity index is 927. The zero-order valence-corrected chi connectivity index (χ0v) is 17.2. The van der Waals surface area contributed by atoms with Crippen LogP contribution in [0.4, 0.5) is 0 Å². The Hall–Kier alpha value is -2.80. The second kappa shape index (κ2) is 8.93. The van der Waals surface area contributed by atoms with E-state index in [1.807, 2.05) is 50.2 Å². The standard InChI is InChI=1S/C21H23N3O3S/c1-14-7-5-6-8-17(14)13-24-20(25)15(2)28-21(24)23-22-12-16-9-10-18(26-3)11-19(16)27-4/h5-12,15H,13H2,1-4H3/b22-12+,23-21+. The van der Waals surface area contributed by atoms with Crippen LogP contribution in [0, 0.1) is 6.92 Å². The molecule has 0 spiro atoms. The lowest BCUT2D eigenvalue weighted by Gasteiger charge is -2.16. The first-order valence-electron chi connectivity index (χ1n) is 8.89. The van der Waals surface area contributed by atoms with Crippen LogP contribution < -0.4 is 9.47 Å². The highest BCUT2D eigenvalue weighted by Crippen LogP contribution is 2.29. The fourth-order valence-corrected chi connectivity index (χ4v) is 3.75. The summed E-state index contributed by atoms with van der Waals surface area (Å²) in [5.74, 6) is 1.39. The zero-order valence-electron chi connectivity index (χ0n) is 16.4. The second-order valence-corrected chi connectivity index (χ2v) is 7.65. The van der Waals surface area contributed by atoms with E-state index in [1.165, 1.54) is 11.8 Å². The van der Waals surface area contributed by atoms with Crippen LogP contribution in [0.15, 0.2) is 52.7 Å². The molecule has 7 heteroatoms. The SMILES string of the molecule is COc1ccc(/C=N/N=C2/SC(C)C(=O)N2Cc2ccccc2C)c(OC)c1. The first-order chi connectivity index (χ1) is 13.5. The van der Waals surface area contributed by atoms with Gasteiger partial charge in [0.2, 0.25) is 5.91 Å². The van der Waals surface area contributed by atoms with Crippen LogP contribution in [-0.2, 0) is 11.3 Å². The predicted molar refractivity (Wildman–Crippen MR) is 113 cm³/mol. The molecule has 2 aromatic carbocycles. The molecule has 1 atom stereocenters. The highest BCUT2D eigenvalue weighted by molar-refractivity contribution is 8.15. The Morgan fingerprint density at radius 1 is 1.18 bits per heavy atom. The van der Waals surface area contributed by atoms with Gasteiger partial charge < -0.3 is 9.47 Å². The number of thioether (sulfide) groups is 1. The maximum absolute atomic E-state index is 12.6. The van der Waals surface area contributed by atoms with Crippen molar-refractivity contribution in [3.63, 3.8) is 0 Å². The lowest BCUT2D eigenvalue weighted by Crippen LogP contribution is -2.31. The maximum Gasteiger partial charge on any atom is 0.242 e. The lowest BCUT2D eigenvalue weighted by molar-refractivity contribution is -0.126. The number of methoxy groups -OCH3 is 2. The molecule has 1 aliphatic heterocycles. The third kappa shape index (κ3) is 4.36. The van der Waals surface area contributed by atoms with Crippen molar-refractivity contribution in [1.29, 1.82) is 0 Å². The molecule has 6 nitrogen and oxygen atoms in total. The molecule has 1 heterocycles. The van der Waals surface area contributed by atoms with E-state index in [-0.39, 0.29) is 11.2 Å². The van der Waals surface area contributed by atoms with Crippen LogP contribution in [-0.4, -0.2) is 41.7 Å². The van der Waals surface area contributed by atoms with Crippen molar-refractivity contribution in [2.45, 2.75) is 25.6 Å². The van der Waals surface area contributed by atoms with E-state index in [4.69, 9.17) is 9.47 Å². The number of carbonyl (C=O) groups excluding carboxylic acids is 1. The molecule has 0 aliphatic carbocycles. The Kier molecular flexibility index (Phi) is 6.36. The molecule has 1 unspecified atom stereocenters. The van der Waals surface area contributed by atoms with E-state index in [9.17, 15) is 4.79 Å². The topological polar surface area (TPSA) is 63.5 Å². The Morgan fingerprint density at radius 3 is 2.68 bits per heavy atom. The second-order valence-electron chi connectivity index (χ2n) is 6.35. The largest absolute Gasteiger partial charge is 0.497 e. The number of amides is 1. The van der Waals surface area contributed by atoms with Crippen molar-refractivity contribution in [1.82, 2.24) is 4.90 Å². The van der Waals surface area contributed by atoms with Crippen molar-refractivity contribution in [3.05, 3.63) is 59.2 Å². The normalized spacial score (nSPS) is 18.3. The van der Waals surface area contributed by atoms with Gasteiger partial charge in [-0.3, -0.25) is 9.69 Å². The molecule has 0 saturated carbocycles. The van der Waals surface area contributed by atoms with Gasteiger partial charge in [-0.15, -0.1) is 5.10 Å². The van der Waals surface area contributed by atoms with Gasteiger partial charge >= 0.3 is 0 Å². The quantitative estimate of drug-likeness (QED) is 0.548. The Morgan fingerprint density at radius 2 is 1.96 bits per heavy atom. The number of hydrogen-bond donors (Lipinski definition) is 0. The van der Waals surface area contributed by atoms with Crippen LogP contribution in [0.1, 0.15) is 23.6 Å². The molecule has 2 aromatic rings. The van der Waals surface area contributed by atoms with E-state index in [0.717, 1.165) is 16.7 Å². The number of ether oxygens (including phenoxy) is 2. The summed E-state index contributed by atoms with van der Waals surface area (Å²) in [5, 5.41) is 8.94. The van der Waals surface area contributed by atoms with Crippen LogP contribution >= 0.6 is 11.8 Å².